The van der Waals surface area contributed by atoms with Crippen LogP contribution in [0.25, 0.3) is 0 Å². The first kappa shape index (κ1) is 17.5. The van der Waals surface area contributed by atoms with Crippen molar-refractivity contribution in [2.75, 3.05) is 6.61 Å². The second kappa shape index (κ2) is 6.94. The third kappa shape index (κ3) is 5.05. The van der Waals surface area contributed by atoms with E-state index in [1.807, 2.05) is 12.1 Å². The summed E-state index contributed by atoms with van der Waals surface area (Å²) in [5.74, 6) is -0.173. The molecule has 21 heavy (non-hydrogen) atoms. The summed E-state index contributed by atoms with van der Waals surface area (Å²) in [6.07, 6.45) is 2.09. The lowest BCUT2D eigenvalue weighted by molar-refractivity contribution is -0.142. The van der Waals surface area contributed by atoms with Crippen LogP contribution >= 0.6 is 0 Å². The largest absolute Gasteiger partial charge is 0.494 e. The lowest BCUT2D eigenvalue weighted by atomic mass is 9.82. The Hall–Kier alpha value is -1.55. The molecule has 1 unspecified atom stereocenters. The maximum Gasteiger partial charge on any atom is 0.323 e. The van der Waals surface area contributed by atoms with Crippen molar-refractivity contribution in [3.05, 3.63) is 29.8 Å². The van der Waals surface area contributed by atoms with Gasteiger partial charge in [-0.3, -0.25) is 4.79 Å². The van der Waals surface area contributed by atoms with Gasteiger partial charge in [-0.1, -0.05) is 32.9 Å². The molecule has 0 saturated heterocycles. The lowest BCUT2D eigenvalue weighted by Gasteiger charge is -2.23. The fourth-order valence-electron chi connectivity index (χ4n) is 1.94. The molecule has 1 aromatic rings. The van der Waals surface area contributed by atoms with E-state index in [1.54, 1.807) is 0 Å². The molecular weight excluding hydrogens is 266 g/mol. The third-order valence-corrected chi connectivity index (χ3v) is 4.12. The predicted molar refractivity (Wildman–Crippen MR) is 84.7 cm³/mol. The van der Waals surface area contributed by atoms with E-state index in [1.165, 1.54) is 12.5 Å². The fourth-order valence-corrected chi connectivity index (χ4v) is 1.94. The van der Waals surface area contributed by atoms with Crippen LogP contribution in [0.1, 0.15) is 52.5 Å². The van der Waals surface area contributed by atoms with Crippen LogP contribution in [-0.2, 0) is 10.2 Å². The normalized spacial score (nSPS) is 14.5. The molecular formula is C17H27NO3. The second-order valence-corrected chi connectivity index (χ2v) is 6.44. The van der Waals surface area contributed by atoms with Crippen molar-refractivity contribution >= 4 is 5.97 Å². The SMILES string of the molecule is CCC(C)(C)c1ccc(OCCCC(C)(N)C(=O)O)cc1. The van der Waals surface area contributed by atoms with Gasteiger partial charge >= 0.3 is 5.97 Å². The zero-order valence-electron chi connectivity index (χ0n) is 13.5. The molecule has 0 aromatic heterocycles. The minimum atomic E-state index is -1.18. The fraction of sp³-hybridized carbons (Fsp3) is 0.588. The van der Waals surface area contributed by atoms with Gasteiger partial charge in [-0.15, -0.1) is 0 Å². The number of rotatable bonds is 8. The summed E-state index contributed by atoms with van der Waals surface area (Å²) in [4.78, 5) is 10.9. The molecule has 0 heterocycles. The average Bonchev–Trinajstić information content (AvgIpc) is 2.44. The van der Waals surface area contributed by atoms with Gasteiger partial charge < -0.3 is 15.6 Å². The molecule has 4 nitrogen and oxygen atoms in total. The molecule has 0 aliphatic heterocycles. The van der Waals surface area contributed by atoms with E-state index in [2.05, 4.69) is 32.9 Å². The number of carbonyl (C=O) groups is 1. The molecule has 0 aliphatic rings. The molecule has 1 aromatic carbocycles. The van der Waals surface area contributed by atoms with Gasteiger partial charge in [0, 0.05) is 0 Å². The summed E-state index contributed by atoms with van der Waals surface area (Å²) in [5, 5.41) is 8.92. The Morgan fingerprint density at radius 3 is 2.29 bits per heavy atom. The van der Waals surface area contributed by atoms with Gasteiger partial charge in [0.25, 0.3) is 0 Å². The quantitative estimate of drug-likeness (QED) is 0.721. The minimum Gasteiger partial charge on any atom is -0.494 e. The Balaban J connectivity index is 2.46. The number of ether oxygens (including phenoxy) is 1. The molecule has 0 amide bonds. The van der Waals surface area contributed by atoms with E-state index in [-0.39, 0.29) is 5.41 Å². The molecule has 0 saturated carbocycles. The average molecular weight is 293 g/mol. The summed E-state index contributed by atoms with van der Waals surface area (Å²) < 4.78 is 5.63. The molecule has 0 aliphatic carbocycles. The van der Waals surface area contributed by atoms with Crippen molar-refractivity contribution in [3.63, 3.8) is 0 Å². The van der Waals surface area contributed by atoms with Crippen LogP contribution in [-0.4, -0.2) is 23.2 Å². The summed E-state index contributed by atoms with van der Waals surface area (Å²) in [5.41, 5.74) is 5.94. The van der Waals surface area contributed by atoms with E-state index in [0.717, 1.165) is 12.2 Å². The van der Waals surface area contributed by atoms with Crippen LogP contribution in [0.4, 0.5) is 0 Å². The second-order valence-electron chi connectivity index (χ2n) is 6.44. The van der Waals surface area contributed by atoms with Gasteiger partial charge in [-0.05, 0) is 49.3 Å². The number of hydrogen-bond acceptors (Lipinski definition) is 3. The monoisotopic (exact) mass is 293 g/mol. The van der Waals surface area contributed by atoms with Gasteiger partial charge in [0.05, 0.1) is 6.61 Å². The Bertz CT molecular complexity index is 463. The van der Waals surface area contributed by atoms with Crippen molar-refractivity contribution in [1.29, 1.82) is 0 Å². The van der Waals surface area contributed by atoms with Crippen LogP contribution in [0.5, 0.6) is 5.75 Å². The number of carboxylic acid groups (broad SMARTS) is 1. The van der Waals surface area contributed by atoms with Crippen LogP contribution in [0.2, 0.25) is 0 Å². The van der Waals surface area contributed by atoms with Gasteiger partial charge in [0.2, 0.25) is 0 Å². The first-order chi connectivity index (χ1) is 9.69. The highest BCUT2D eigenvalue weighted by molar-refractivity contribution is 5.77. The molecule has 1 rings (SSSR count). The molecule has 118 valence electrons. The van der Waals surface area contributed by atoms with Gasteiger partial charge in [0.15, 0.2) is 0 Å². The molecule has 0 bridgehead atoms. The van der Waals surface area contributed by atoms with Crippen molar-refractivity contribution in [1.82, 2.24) is 0 Å². The standard InChI is InChI=1S/C17H27NO3/c1-5-16(2,3)13-7-9-14(10-8-13)21-12-6-11-17(4,18)15(19)20/h7-10H,5-6,11-12,18H2,1-4H3,(H,19,20). The van der Waals surface area contributed by atoms with Crippen molar-refractivity contribution < 1.29 is 14.6 Å². The number of benzene rings is 1. The summed E-state index contributed by atoms with van der Waals surface area (Å²) in [6, 6.07) is 8.10. The third-order valence-electron chi connectivity index (χ3n) is 4.12. The zero-order chi connectivity index (χ0) is 16.1. The first-order valence-electron chi connectivity index (χ1n) is 7.44. The predicted octanol–water partition coefficient (Wildman–Crippen LogP) is 3.34. The molecule has 3 N–H and O–H groups in total. The van der Waals surface area contributed by atoms with E-state index in [0.29, 0.717) is 19.4 Å². The Kier molecular flexibility index (Phi) is 5.78. The zero-order valence-corrected chi connectivity index (χ0v) is 13.5. The molecule has 0 fully saturated rings. The van der Waals surface area contributed by atoms with Crippen molar-refractivity contribution in [3.8, 4) is 5.75 Å². The number of nitrogens with two attached hydrogens (primary N) is 1. The smallest absolute Gasteiger partial charge is 0.323 e. The Morgan fingerprint density at radius 1 is 1.24 bits per heavy atom. The summed E-state index contributed by atoms with van der Waals surface area (Å²) >= 11 is 0. The summed E-state index contributed by atoms with van der Waals surface area (Å²) in [7, 11) is 0. The highest BCUT2D eigenvalue weighted by atomic mass is 16.5. The maximum absolute atomic E-state index is 10.9. The lowest BCUT2D eigenvalue weighted by Crippen LogP contribution is -2.44. The molecule has 0 spiro atoms. The van der Waals surface area contributed by atoms with Gasteiger partial charge in [-0.2, -0.15) is 0 Å². The maximum atomic E-state index is 10.9. The van der Waals surface area contributed by atoms with Crippen molar-refractivity contribution in [2.45, 2.75) is 57.9 Å². The highest BCUT2D eigenvalue weighted by Gasteiger charge is 2.26. The number of aliphatic carboxylic acids is 1. The first-order valence-corrected chi connectivity index (χ1v) is 7.44. The van der Waals surface area contributed by atoms with Gasteiger partial charge in [-0.25, -0.2) is 0 Å². The number of hydrogen-bond donors (Lipinski definition) is 2. The van der Waals surface area contributed by atoms with Crippen LogP contribution in [0.3, 0.4) is 0 Å². The van der Waals surface area contributed by atoms with E-state index >= 15 is 0 Å². The van der Waals surface area contributed by atoms with E-state index in [4.69, 9.17) is 15.6 Å². The minimum absolute atomic E-state index is 0.168. The Labute approximate surface area is 127 Å². The summed E-state index contributed by atoms with van der Waals surface area (Å²) in [6.45, 7) is 8.61. The van der Waals surface area contributed by atoms with Crippen LogP contribution in [0, 0.1) is 0 Å². The van der Waals surface area contributed by atoms with Gasteiger partial charge in [0.1, 0.15) is 11.3 Å². The topological polar surface area (TPSA) is 72.5 Å². The van der Waals surface area contributed by atoms with Crippen molar-refractivity contribution in [2.24, 2.45) is 5.73 Å². The Morgan fingerprint density at radius 2 is 1.81 bits per heavy atom. The van der Waals surface area contributed by atoms with Crippen LogP contribution in [0.15, 0.2) is 24.3 Å². The highest BCUT2D eigenvalue weighted by Crippen LogP contribution is 2.28. The number of carboxylic acids is 1. The van der Waals surface area contributed by atoms with Crippen LogP contribution < -0.4 is 10.5 Å². The molecule has 1 atom stereocenters. The van der Waals surface area contributed by atoms with E-state index < -0.39 is 11.5 Å². The van der Waals surface area contributed by atoms with E-state index in [9.17, 15) is 4.79 Å². The molecule has 4 heteroatoms. The molecule has 0 radical (unpaired) electrons.